The lowest BCUT2D eigenvalue weighted by molar-refractivity contribution is 0.219. The largest absolute Gasteiger partial charge is 0.380 e. The van der Waals surface area contributed by atoms with Gasteiger partial charge in [0.2, 0.25) is 10.0 Å². The molecule has 0 N–H and O–H groups in total. The minimum atomic E-state index is -3.39. The Balaban J connectivity index is 2.15. The third kappa shape index (κ3) is 3.49. The molecule has 0 amide bonds. The lowest BCUT2D eigenvalue weighted by Gasteiger charge is -2.25. The van der Waals surface area contributed by atoms with Crippen molar-refractivity contribution < 1.29 is 13.2 Å². The van der Waals surface area contributed by atoms with E-state index in [1.807, 2.05) is 18.2 Å². The van der Waals surface area contributed by atoms with Crippen LogP contribution >= 0.6 is 15.9 Å². The zero-order valence-corrected chi connectivity index (χ0v) is 13.8. The average molecular weight is 360 g/mol. The molecule has 0 radical (unpaired) electrons. The monoisotopic (exact) mass is 359 g/mol. The van der Waals surface area contributed by atoms with Crippen LogP contribution in [0.15, 0.2) is 40.8 Å². The molecule has 1 aliphatic heterocycles. The summed E-state index contributed by atoms with van der Waals surface area (Å²) in [6.07, 6.45) is 2.67. The highest BCUT2D eigenvalue weighted by Crippen LogP contribution is 2.21. The van der Waals surface area contributed by atoms with Crippen molar-refractivity contribution in [2.24, 2.45) is 0 Å². The van der Waals surface area contributed by atoms with Crippen LogP contribution in [0.2, 0.25) is 0 Å². The van der Waals surface area contributed by atoms with Crippen molar-refractivity contribution in [2.45, 2.75) is 16.6 Å². The van der Waals surface area contributed by atoms with E-state index in [1.54, 1.807) is 19.2 Å². The Labute approximate surface area is 128 Å². The van der Waals surface area contributed by atoms with Crippen LogP contribution in [0.3, 0.4) is 0 Å². The molecular weight excluding hydrogens is 342 g/mol. The molecule has 110 valence electrons. The third-order valence-corrected chi connectivity index (χ3v) is 5.84. The molecule has 0 unspecified atom stereocenters. The second-order valence-corrected chi connectivity index (χ2v) is 7.18. The summed E-state index contributed by atoms with van der Waals surface area (Å²) in [4.78, 5) is 0.353. The molecule has 0 fully saturated rings. The molecule has 20 heavy (non-hydrogen) atoms. The molecule has 0 saturated heterocycles. The molecule has 0 atom stereocenters. The van der Waals surface area contributed by atoms with Gasteiger partial charge in [-0.25, -0.2) is 8.42 Å². The highest BCUT2D eigenvalue weighted by atomic mass is 79.9. The fourth-order valence-electron chi connectivity index (χ4n) is 2.13. The minimum Gasteiger partial charge on any atom is -0.380 e. The lowest BCUT2D eigenvalue weighted by Crippen LogP contribution is -2.35. The highest BCUT2D eigenvalue weighted by molar-refractivity contribution is 9.08. The molecule has 1 aromatic carbocycles. The van der Waals surface area contributed by atoms with Crippen LogP contribution in [0.5, 0.6) is 0 Å². The zero-order valence-electron chi connectivity index (χ0n) is 11.4. The number of ether oxygens (including phenoxy) is 1. The van der Waals surface area contributed by atoms with Gasteiger partial charge in [-0.2, -0.15) is 4.31 Å². The Hall–Kier alpha value is -0.690. The smallest absolute Gasteiger partial charge is 0.243 e. The van der Waals surface area contributed by atoms with Crippen LogP contribution in [-0.4, -0.2) is 39.5 Å². The quantitative estimate of drug-likeness (QED) is 0.599. The number of hydrogen-bond donors (Lipinski definition) is 0. The molecule has 0 bridgehead atoms. The summed E-state index contributed by atoms with van der Waals surface area (Å²) in [5.41, 5.74) is 2.22. The number of benzene rings is 1. The maximum absolute atomic E-state index is 12.5. The van der Waals surface area contributed by atoms with Crippen LogP contribution in [-0.2, 0) is 20.1 Å². The number of alkyl halides is 1. The van der Waals surface area contributed by atoms with Gasteiger partial charge in [-0.05, 0) is 29.7 Å². The summed E-state index contributed by atoms with van der Waals surface area (Å²) in [6, 6.07) is 7.00. The van der Waals surface area contributed by atoms with Crippen molar-refractivity contribution in [3.63, 3.8) is 0 Å². The number of sulfonamides is 1. The van der Waals surface area contributed by atoms with E-state index in [-0.39, 0.29) is 0 Å². The SMILES string of the molecule is COCC1=CCN(S(=O)(=O)c2ccc(CBr)cc2)CC1. The summed E-state index contributed by atoms with van der Waals surface area (Å²) >= 11 is 3.35. The summed E-state index contributed by atoms with van der Waals surface area (Å²) in [6.45, 7) is 1.51. The van der Waals surface area contributed by atoms with Gasteiger partial charge < -0.3 is 4.74 Å². The standard InChI is InChI=1S/C14H18BrNO3S/c1-19-11-13-6-8-16(9-7-13)20(17,18)14-4-2-12(10-15)3-5-14/h2-6H,7-11H2,1H3. The van der Waals surface area contributed by atoms with Gasteiger partial charge in [-0.3, -0.25) is 0 Å². The number of methoxy groups -OCH3 is 1. The van der Waals surface area contributed by atoms with Crippen molar-refractivity contribution >= 4 is 26.0 Å². The van der Waals surface area contributed by atoms with Gasteiger partial charge in [-0.1, -0.05) is 34.1 Å². The molecule has 2 rings (SSSR count). The Kier molecular flexibility index (Phi) is 5.37. The predicted molar refractivity (Wildman–Crippen MR) is 82.4 cm³/mol. The first-order valence-corrected chi connectivity index (χ1v) is 8.96. The fourth-order valence-corrected chi connectivity index (χ4v) is 3.88. The predicted octanol–water partition coefficient (Wildman–Crippen LogP) is 2.55. The normalized spacial score (nSPS) is 17.0. The lowest BCUT2D eigenvalue weighted by atomic mass is 10.1. The summed E-state index contributed by atoms with van der Waals surface area (Å²) in [5, 5.41) is 0.722. The third-order valence-electron chi connectivity index (χ3n) is 3.31. The van der Waals surface area contributed by atoms with Gasteiger partial charge in [0.25, 0.3) is 0 Å². The molecule has 6 heteroatoms. The molecule has 0 aromatic heterocycles. The second-order valence-electron chi connectivity index (χ2n) is 4.69. The first-order valence-electron chi connectivity index (χ1n) is 6.40. The van der Waals surface area contributed by atoms with Gasteiger partial charge in [0, 0.05) is 25.5 Å². The van der Waals surface area contributed by atoms with E-state index in [4.69, 9.17) is 4.74 Å². The first-order chi connectivity index (χ1) is 9.57. The second kappa shape index (κ2) is 6.85. The van der Waals surface area contributed by atoms with Crippen molar-refractivity contribution in [1.29, 1.82) is 0 Å². The van der Waals surface area contributed by atoms with Gasteiger partial charge in [0.1, 0.15) is 0 Å². The van der Waals surface area contributed by atoms with E-state index in [0.29, 0.717) is 24.6 Å². The summed E-state index contributed by atoms with van der Waals surface area (Å²) in [7, 11) is -1.74. The molecule has 4 nitrogen and oxygen atoms in total. The van der Waals surface area contributed by atoms with E-state index in [0.717, 1.165) is 22.9 Å². The maximum atomic E-state index is 12.5. The number of halogens is 1. The molecule has 0 spiro atoms. The minimum absolute atomic E-state index is 0.353. The van der Waals surface area contributed by atoms with Crippen LogP contribution in [0.25, 0.3) is 0 Å². The van der Waals surface area contributed by atoms with E-state index in [1.165, 1.54) is 4.31 Å². The van der Waals surface area contributed by atoms with Crippen LogP contribution in [0, 0.1) is 0 Å². The summed E-state index contributed by atoms with van der Waals surface area (Å²) < 4.78 is 31.6. The summed E-state index contributed by atoms with van der Waals surface area (Å²) in [5.74, 6) is 0. The number of hydrogen-bond acceptors (Lipinski definition) is 3. The molecule has 1 aromatic rings. The maximum Gasteiger partial charge on any atom is 0.243 e. The number of nitrogens with zero attached hydrogens (tertiary/aromatic N) is 1. The van der Waals surface area contributed by atoms with Gasteiger partial charge in [-0.15, -0.1) is 0 Å². The van der Waals surface area contributed by atoms with Crippen molar-refractivity contribution in [3.8, 4) is 0 Å². The molecule has 1 heterocycles. The number of rotatable bonds is 5. The topological polar surface area (TPSA) is 46.6 Å². The Morgan fingerprint density at radius 2 is 2.00 bits per heavy atom. The highest BCUT2D eigenvalue weighted by Gasteiger charge is 2.25. The van der Waals surface area contributed by atoms with Crippen LogP contribution in [0.4, 0.5) is 0 Å². The van der Waals surface area contributed by atoms with Gasteiger partial charge in [0.15, 0.2) is 0 Å². The van der Waals surface area contributed by atoms with Crippen LogP contribution in [0.1, 0.15) is 12.0 Å². The molecule has 0 saturated carbocycles. The molecule has 1 aliphatic rings. The Morgan fingerprint density at radius 3 is 2.50 bits per heavy atom. The van der Waals surface area contributed by atoms with Gasteiger partial charge >= 0.3 is 0 Å². The van der Waals surface area contributed by atoms with E-state index in [2.05, 4.69) is 15.9 Å². The van der Waals surface area contributed by atoms with E-state index in [9.17, 15) is 8.42 Å². The van der Waals surface area contributed by atoms with E-state index < -0.39 is 10.0 Å². The Bertz CT molecular complexity index is 581. The van der Waals surface area contributed by atoms with E-state index >= 15 is 0 Å². The van der Waals surface area contributed by atoms with Crippen molar-refractivity contribution in [2.75, 3.05) is 26.8 Å². The van der Waals surface area contributed by atoms with Crippen molar-refractivity contribution in [3.05, 3.63) is 41.5 Å². The molecular formula is C14H18BrNO3S. The average Bonchev–Trinajstić information content (AvgIpc) is 2.48. The first kappa shape index (κ1) is 15.7. The molecule has 0 aliphatic carbocycles. The fraction of sp³-hybridized carbons (Fsp3) is 0.429. The zero-order chi connectivity index (χ0) is 14.6. The van der Waals surface area contributed by atoms with Crippen molar-refractivity contribution in [1.82, 2.24) is 4.31 Å². The van der Waals surface area contributed by atoms with Gasteiger partial charge in [0.05, 0.1) is 11.5 Å². The Morgan fingerprint density at radius 1 is 1.30 bits per heavy atom. The van der Waals surface area contributed by atoms with Crippen LogP contribution < -0.4 is 0 Å².